The standard InChI is InChI=1S/C19H30N4O.2ClH/c24-19-6-8-20-13-17(19)15-23(11-7-19)18-5-4-16(12-21-18)14-22-9-2-1-3-10-22;;/h4-5,12,17,20,24H,1-3,6-11,13-15H2;2*1H/t17-,19-;;/m0../s1. The van der Waals surface area contributed by atoms with Crippen LogP contribution in [0.1, 0.15) is 37.7 Å². The van der Waals surface area contributed by atoms with E-state index < -0.39 is 5.60 Å². The predicted molar refractivity (Wildman–Crippen MR) is 111 cm³/mol. The third kappa shape index (κ3) is 4.82. The van der Waals surface area contributed by atoms with Gasteiger partial charge in [-0.1, -0.05) is 12.5 Å². The van der Waals surface area contributed by atoms with Gasteiger partial charge in [0, 0.05) is 38.3 Å². The molecular formula is C19H32Cl2N4O. The number of fused-ring (bicyclic) bond motifs is 1. The van der Waals surface area contributed by atoms with Crippen molar-refractivity contribution < 1.29 is 5.11 Å². The van der Waals surface area contributed by atoms with Gasteiger partial charge in [-0.15, -0.1) is 24.8 Å². The Morgan fingerprint density at radius 3 is 2.65 bits per heavy atom. The van der Waals surface area contributed by atoms with Crippen LogP contribution in [0.3, 0.4) is 0 Å². The summed E-state index contributed by atoms with van der Waals surface area (Å²) in [7, 11) is 0. The number of nitrogens with one attached hydrogen (secondary N) is 1. The minimum atomic E-state index is -0.462. The molecule has 26 heavy (non-hydrogen) atoms. The fourth-order valence-corrected chi connectivity index (χ4v) is 4.51. The van der Waals surface area contributed by atoms with Crippen LogP contribution in [-0.2, 0) is 6.54 Å². The molecule has 148 valence electrons. The Labute approximate surface area is 169 Å². The van der Waals surface area contributed by atoms with Crippen LogP contribution in [0.2, 0.25) is 0 Å². The average molecular weight is 403 g/mol. The molecule has 7 heteroatoms. The van der Waals surface area contributed by atoms with E-state index in [2.05, 4.69) is 27.2 Å². The van der Waals surface area contributed by atoms with Crippen molar-refractivity contribution in [3.63, 3.8) is 0 Å². The smallest absolute Gasteiger partial charge is 0.128 e. The molecule has 0 aromatic carbocycles. The van der Waals surface area contributed by atoms with Gasteiger partial charge in [-0.3, -0.25) is 4.90 Å². The van der Waals surface area contributed by atoms with Gasteiger partial charge in [0.1, 0.15) is 5.82 Å². The van der Waals surface area contributed by atoms with Gasteiger partial charge < -0.3 is 15.3 Å². The third-order valence-electron chi connectivity index (χ3n) is 6.13. The number of hydrogen-bond donors (Lipinski definition) is 2. The van der Waals surface area contributed by atoms with E-state index >= 15 is 0 Å². The van der Waals surface area contributed by atoms with E-state index in [1.807, 2.05) is 6.20 Å². The molecule has 4 rings (SSSR count). The van der Waals surface area contributed by atoms with Crippen LogP contribution >= 0.6 is 24.8 Å². The van der Waals surface area contributed by atoms with Crippen molar-refractivity contribution >= 4 is 30.6 Å². The maximum absolute atomic E-state index is 10.8. The van der Waals surface area contributed by atoms with E-state index in [0.29, 0.717) is 5.92 Å². The maximum Gasteiger partial charge on any atom is 0.128 e. The van der Waals surface area contributed by atoms with Gasteiger partial charge in [0.25, 0.3) is 0 Å². The van der Waals surface area contributed by atoms with Crippen LogP contribution < -0.4 is 10.2 Å². The van der Waals surface area contributed by atoms with Crippen molar-refractivity contribution in [1.82, 2.24) is 15.2 Å². The van der Waals surface area contributed by atoms with E-state index in [4.69, 9.17) is 4.98 Å². The Kier molecular flexibility index (Phi) is 7.98. The van der Waals surface area contributed by atoms with Crippen LogP contribution in [0.5, 0.6) is 0 Å². The number of likely N-dealkylation sites (tertiary alicyclic amines) is 1. The highest BCUT2D eigenvalue weighted by Gasteiger charge is 2.43. The lowest BCUT2D eigenvalue weighted by molar-refractivity contribution is -0.0539. The molecular weight excluding hydrogens is 371 g/mol. The molecule has 0 unspecified atom stereocenters. The Balaban J connectivity index is 0.00000121. The monoisotopic (exact) mass is 402 g/mol. The van der Waals surface area contributed by atoms with Crippen LogP contribution in [0, 0.1) is 5.92 Å². The van der Waals surface area contributed by atoms with E-state index in [1.165, 1.54) is 37.9 Å². The first-order valence-corrected chi connectivity index (χ1v) is 9.58. The Hall–Kier alpha value is -0.590. The molecule has 2 N–H and O–H groups in total. The minimum absolute atomic E-state index is 0. The maximum atomic E-state index is 10.8. The normalized spacial score (nSPS) is 29.3. The fourth-order valence-electron chi connectivity index (χ4n) is 4.51. The molecule has 0 bridgehead atoms. The van der Waals surface area contributed by atoms with Crippen LogP contribution in [0.15, 0.2) is 18.3 Å². The van der Waals surface area contributed by atoms with Gasteiger partial charge in [-0.2, -0.15) is 0 Å². The highest BCUT2D eigenvalue weighted by Crippen LogP contribution is 2.34. The molecule has 0 saturated carbocycles. The number of nitrogens with zero attached hydrogens (tertiary/aromatic N) is 3. The number of aliphatic hydroxyl groups is 1. The fraction of sp³-hybridized carbons (Fsp3) is 0.737. The zero-order valence-electron chi connectivity index (χ0n) is 15.4. The highest BCUT2D eigenvalue weighted by molar-refractivity contribution is 5.85. The molecule has 4 heterocycles. The summed E-state index contributed by atoms with van der Waals surface area (Å²) in [5.74, 6) is 1.37. The number of piperidine rings is 3. The first kappa shape index (κ1) is 21.7. The molecule has 0 aliphatic carbocycles. The van der Waals surface area contributed by atoms with Crippen molar-refractivity contribution in [1.29, 1.82) is 0 Å². The molecule has 0 radical (unpaired) electrons. The SMILES string of the molecule is Cl.Cl.O[C@]12CCNC[C@H]1CN(c1ccc(CN3CCCCC3)cn1)CC2. The lowest BCUT2D eigenvalue weighted by Crippen LogP contribution is -2.59. The van der Waals surface area contributed by atoms with Crippen LogP contribution in [0.25, 0.3) is 0 Å². The van der Waals surface area contributed by atoms with E-state index in [-0.39, 0.29) is 24.8 Å². The molecule has 3 saturated heterocycles. The molecule has 0 spiro atoms. The summed E-state index contributed by atoms with van der Waals surface area (Å²) < 4.78 is 0. The second kappa shape index (κ2) is 9.56. The molecule has 2 atom stereocenters. The van der Waals surface area contributed by atoms with Gasteiger partial charge in [0.15, 0.2) is 0 Å². The predicted octanol–water partition coefficient (Wildman–Crippen LogP) is 2.46. The molecule has 3 aliphatic rings. The van der Waals surface area contributed by atoms with Gasteiger partial charge in [0.05, 0.1) is 5.60 Å². The minimum Gasteiger partial charge on any atom is -0.389 e. The lowest BCUT2D eigenvalue weighted by Gasteiger charge is -2.47. The molecule has 1 aromatic rings. The Morgan fingerprint density at radius 2 is 1.92 bits per heavy atom. The number of halogens is 2. The zero-order valence-corrected chi connectivity index (χ0v) is 17.0. The van der Waals surface area contributed by atoms with Crippen LogP contribution in [0.4, 0.5) is 5.82 Å². The van der Waals surface area contributed by atoms with E-state index in [0.717, 1.165) is 51.4 Å². The topological polar surface area (TPSA) is 51.6 Å². The summed E-state index contributed by atoms with van der Waals surface area (Å²) in [6.45, 7) is 7.14. The summed E-state index contributed by atoms with van der Waals surface area (Å²) in [5.41, 5.74) is 0.851. The van der Waals surface area contributed by atoms with Crippen molar-refractivity contribution in [2.75, 3.05) is 44.2 Å². The van der Waals surface area contributed by atoms with Gasteiger partial charge in [-0.05, 0) is 56.9 Å². The molecule has 3 fully saturated rings. The summed E-state index contributed by atoms with van der Waals surface area (Å²) in [5, 5.41) is 14.2. The van der Waals surface area contributed by atoms with Gasteiger partial charge in [-0.25, -0.2) is 4.98 Å². The summed E-state index contributed by atoms with van der Waals surface area (Å²) in [4.78, 5) is 9.61. The number of pyridine rings is 1. The van der Waals surface area contributed by atoms with E-state index in [9.17, 15) is 5.11 Å². The number of aromatic nitrogens is 1. The summed E-state index contributed by atoms with van der Waals surface area (Å²) in [6, 6.07) is 4.40. The third-order valence-corrected chi connectivity index (χ3v) is 6.13. The molecule has 1 aromatic heterocycles. The number of anilines is 1. The first-order valence-electron chi connectivity index (χ1n) is 9.58. The van der Waals surface area contributed by atoms with E-state index in [1.54, 1.807) is 0 Å². The Bertz CT molecular complexity index is 553. The molecule has 0 amide bonds. The van der Waals surface area contributed by atoms with Crippen LogP contribution in [-0.4, -0.2) is 59.9 Å². The van der Waals surface area contributed by atoms with Gasteiger partial charge in [0.2, 0.25) is 0 Å². The van der Waals surface area contributed by atoms with Crippen molar-refractivity contribution in [2.45, 2.75) is 44.2 Å². The zero-order chi connectivity index (χ0) is 16.4. The quantitative estimate of drug-likeness (QED) is 0.812. The summed E-state index contributed by atoms with van der Waals surface area (Å²) >= 11 is 0. The van der Waals surface area contributed by atoms with Gasteiger partial charge >= 0.3 is 0 Å². The van der Waals surface area contributed by atoms with Crippen molar-refractivity contribution in [2.24, 2.45) is 5.92 Å². The number of rotatable bonds is 3. The lowest BCUT2D eigenvalue weighted by atomic mass is 9.76. The average Bonchev–Trinajstić information content (AvgIpc) is 2.62. The highest BCUT2D eigenvalue weighted by atomic mass is 35.5. The Morgan fingerprint density at radius 1 is 1.12 bits per heavy atom. The largest absolute Gasteiger partial charge is 0.389 e. The summed E-state index contributed by atoms with van der Waals surface area (Å²) in [6.07, 6.45) is 7.83. The second-order valence-corrected chi connectivity index (χ2v) is 7.81. The second-order valence-electron chi connectivity index (χ2n) is 7.81. The van der Waals surface area contributed by atoms with Crippen molar-refractivity contribution in [3.8, 4) is 0 Å². The number of hydrogen-bond acceptors (Lipinski definition) is 5. The molecule has 3 aliphatic heterocycles. The van der Waals surface area contributed by atoms with Crippen molar-refractivity contribution in [3.05, 3.63) is 23.9 Å². The first-order chi connectivity index (χ1) is 11.7. The molecule has 5 nitrogen and oxygen atoms in total.